The molecule has 1 atom stereocenters. The van der Waals surface area contributed by atoms with E-state index in [0.717, 1.165) is 5.56 Å². The lowest BCUT2D eigenvalue weighted by atomic mass is 10.1. The minimum atomic E-state index is -3.95. The van der Waals surface area contributed by atoms with E-state index in [2.05, 4.69) is 10.0 Å². The van der Waals surface area contributed by atoms with Crippen LogP contribution in [0.1, 0.15) is 50.3 Å². The summed E-state index contributed by atoms with van der Waals surface area (Å²) in [6.07, 6.45) is 0.808. The number of guanidine groups is 1. The van der Waals surface area contributed by atoms with E-state index in [-0.39, 0.29) is 17.4 Å². The second kappa shape index (κ2) is 10.1. The fraction of sp³-hybridized carbons (Fsp3) is 0.600. The Morgan fingerprint density at radius 3 is 2.37 bits per heavy atom. The van der Waals surface area contributed by atoms with Crippen LogP contribution in [0.25, 0.3) is 0 Å². The standard InChI is InChI=1S/C20H34N4O5S/c1-12-11-16(28-7)13(2)14(3)17(12)30(26,27)24-19(22)23-10-8-9-15(21)18(25)29-20(4,5)6/h11,15H,8-10,21H2,1-7H3,(H3,22,23,24)/t15-/m0/s1. The SMILES string of the molecule is COc1cc(C)c(S(=O)(=O)NC(=N)NCCC[C@H](N)C(=O)OC(C)(C)C)c(C)c1C. The molecule has 1 rings (SSSR count). The van der Waals surface area contributed by atoms with Gasteiger partial charge in [-0.2, -0.15) is 0 Å². The monoisotopic (exact) mass is 442 g/mol. The highest BCUT2D eigenvalue weighted by Crippen LogP contribution is 2.30. The molecular formula is C20H34N4O5S. The summed E-state index contributed by atoms with van der Waals surface area (Å²) in [6, 6.07) is 0.885. The molecule has 9 nitrogen and oxygen atoms in total. The number of methoxy groups -OCH3 is 1. The molecule has 0 amide bonds. The van der Waals surface area contributed by atoms with Crippen LogP contribution < -0.4 is 20.5 Å². The fourth-order valence-electron chi connectivity index (χ4n) is 2.90. The maximum absolute atomic E-state index is 12.8. The topological polar surface area (TPSA) is 144 Å². The van der Waals surface area contributed by atoms with Gasteiger partial charge in [-0.15, -0.1) is 0 Å². The van der Waals surface area contributed by atoms with Crippen molar-refractivity contribution in [2.75, 3.05) is 13.7 Å². The number of benzene rings is 1. The maximum atomic E-state index is 12.8. The number of carbonyl (C=O) groups excluding carboxylic acids is 1. The Bertz CT molecular complexity index is 891. The zero-order chi connectivity index (χ0) is 23.3. The van der Waals surface area contributed by atoms with Gasteiger partial charge in [-0.1, -0.05) is 0 Å². The average molecular weight is 443 g/mol. The number of carbonyl (C=O) groups is 1. The number of rotatable bonds is 8. The molecule has 0 saturated heterocycles. The van der Waals surface area contributed by atoms with Crippen molar-refractivity contribution in [2.24, 2.45) is 5.73 Å². The van der Waals surface area contributed by atoms with Gasteiger partial charge in [0.1, 0.15) is 17.4 Å². The van der Waals surface area contributed by atoms with Gasteiger partial charge in [0.15, 0.2) is 0 Å². The molecule has 1 aromatic rings. The van der Waals surface area contributed by atoms with Crippen LogP contribution in [0.15, 0.2) is 11.0 Å². The first-order chi connectivity index (χ1) is 13.7. The second-order valence-corrected chi connectivity index (χ2v) is 9.78. The molecule has 0 spiro atoms. The molecule has 0 fully saturated rings. The number of ether oxygens (including phenoxy) is 2. The van der Waals surface area contributed by atoms with Crippen LogP contribution in [-0.2, 0) is 19.6 Å². The largest absolute Gasteiger partial charge is 0.496 e. The van der Waals surface area contributed by atoms with Gasteiger partial charge in [0.05, 0.1) is 12.0 Å². The van der Waals surface area contributed by atoms with Crippen LogP contribution in [-0.4, -0.2) is 45.6 Å². The van der Waals surface area contributed by atoms with Crippen molar-refractivity contribution in [1.29, 1.82) is 5.41 Å². The van der Waals surface area contributed by atoms with E-state index in [0.29, 0.717) is 29.7 Å². The Hall–Kier alpha value is -2.33. The number of nitrogens with one attached hydrogen (secondary N) is 3. The third kappa shape index (κ3) is 7.17. The molecule has 0 bridgehead atoms. The van der Waals surface area contributed by atoms with Crippen LogP contribution in [0.2, 0.25) is 0 Å². The lowest BCUT2D eigenvalue weighted by Gasteiger charge is -2.22. The van der Waals surface area contributed by atoms with Gasteiger partial charge in [-0.05, 0) is 77.1 Å². The van der Waals surface area contributed by atoms with Gasteiger partial charge in [0.25, 0.3) is 10.0 Å². The molecule has 0 aliphatic heterocycles. The first-order valence-electron chi connectivity index (χ1n) is 9.68. The molecule has 0 aromatic heterocycles. The van der Waals surface area contributed by atoms with E-state index in [1.807, 2.05) is 0 Å². The van der Waals surface area contributed by atoms with Crippen molar-refractivity contribution >= 4 is 22.0 Å². The van der Waals surface area contributed by atoms with Gasteiger partial charge < -0.3 is 20.5 Å². The molecule has 0 saturated carbocycles. The summed E-state index contributed by atoms with van der Waals surface area (Å²) in [7, 11) is -2.42. The van der Waals surface area contributed by atoms with Crippen LogP contribution in [0, 0.1) is 26.2 Å². The van der Waals surface area contributed by atoms with Crippen LogP contribution in [0.5, 0.6) is 5.75 Å². The van der Waals surface area contributed by atoms with E-state index < -0.39 is 27.6 Å². The van der Waals surface area contributed by atoms with Gasteiger partial charge in [0.2, 0.25) is 5.96 Å². The number of aryl methyl sites for hydroxylation is 1. The molecule has 170 valence electrons. The maximum Gasteiger partial charge on any atom is 0.323 e. The normalized spacial score (nSPS) is 12.8. The van der Waals surface area contributed by atoms with Crippen molar-refractivity contribution in [1.82, 2.24) is 10.0 Å². The lowest BCUT2D eigenvalue weighted by Crippen LogP contribution is -2.42. The zero-order valence-electron chi connectivity index (χ0n) is 18.8. The Balaban J connectivity index is 2.66. The van der Waals surface area contributed by atoms with Crippen molar-refractivity contribution in [3.8, 4) is 5.75 Å². The number of hydrogen-bond donors (Lipinski definition) is 4. The van der Waals surface area contributed by atoms with E-state index >= 15 is 0 Å². The molecule has 0 aliphatic carbocycles. The summed E-state index contributed by atoms with van der Waals surface area (Å²) in [6.45, 7) is 10.7. The minimum Gasteiger partial charge on any atom is -0.496 e. The average Bonchev–Trinajstić information content (AvgIpc) is 2.59. The summed E-state index contributed by atoms with van der Waals surface area (Å²) in [5.41, 5.74) is 7.02. The van der Waals surface area contributed by atoms with Gasteiger partial charge >= 0.3 is 5.97 Å². The summed E-state index contributed by atoms with van der Waals surface area (Å²) in [4.78, 5) is 12.0. The van der Waals surface area contributed by atoms with E-state index in [1.165, 1.54) is 7.11 Å². The number of esters is 1. The Morgan fingerprint density at radius 1 is 1.23 bits per heavy atom. The van der Waals surface area contributed by atoms with Crippen LogP contribution >= 0.6 is 0 Å². The molecule has 0 unspecified atom stereocenters. The Labute approximate surface area is 179 Å². The number of hydrogen-bond acceptors (Lipinski definition) is 7. The van der Waals surface area contributed by atoms with Crippen molar-refractivity contribution in [3.05, 3.63) is 22.8 Å². The molecular weight excluding hydrogens is 408 g/mol. The predicted octanol–water partition coefficient (Wildman–Crippen LogP) is 1.87. The van der Waals surface area contributed by atoms with Crippen LogP contribution in [0.4, 0.5) is 0 Å². The summed E-state index contributed by atoms with van der Waals surface area (Å²) < 4.78 is 38.3. The fourth-order valence-corrected chi connectivity index (χ4v) is 4.38. The van der Waals surface area contributed by atoms with E-state index in [4.69, 9.17) is 20.6 Å². The molecule has 0 aliphatic rings. The first kappa shape index (κ1) is 25.7. The second-order valence-electron chi connectivity index (χ2n) is 8.16. The van der Waals surface area contributed by atoms with Crippen LogP contribution in [0.3, 0.4) is 0 Å². The van der Waals surface area contributed by atoms with Crippen molar-refractivity contribution in [3.63, 3.8) is 0 Å². The molecule has 0 heterocycles. The zero-order valence-corrected chi connectivity index (χ0v) is 19.6. The summed E-state index contributed by atoms with van der Waals surface area (Å²) in [5, 5.41) is 10.6. The third-order valence-electron chi connectivity index (χ3n) is 4.41. The predicted molar refractivity (Wildman–Crippen MR) is 116 cm³/mol. The smallest absolute Gasteiger partial charge is 0.323 e. The molecule has 10 heteroatoms. The highest BCUT2D eigenvalue weighted by Gasteiger charge is 2.24. The molecule has 1 aromatic carbocycles. The highest BCUT2D eigenvalue weighted by atomic mass is 32.2. The van der Waals surface area contributed by atoms with Crippen molar-refractivity contribution in [2.45, 2.75) is 70.9 Å². The third-order valence-corrected chi connectivity index (χ3v) is 6.05. The Morgan fingerprint density at radius 2 is 1.83 bits per heavy atom. The quantitative estimate of drug-likeness (QED) is 0.208. The van der Waals surface area contributed by atoms with Gasteiger partial charge in [-0.3, -0.25) is 10.2 Å². The van der Waals surface area contributed by atoms with Crippen molar-refractivity contribution < 1.29 is 22.7 Å². The highest BCUT2D eigenvalue weighted by molar-refractivity contribution is 7.90. The van der Waals surface area contributed by atoms with E-state index in [1.54, 1.807) is 47.6 Å². The molecule has 0 radical (unpaired) electrons. The summed E-state index contributed by atoms with van der Waals surface area (Å²) >= 11 is 0. The minimum absolute atomic E-state index is 0.124. The van der Waals surface area contributed by atoms with E-state index in [9.17, 15) is 13.2 Å². The van der Waals surface area contributed by atoms with Gasteiger partial charge in [0, 0.05) is 6.54 Å². The lowest BCUT2D eigenvalue weighted by molar-refractivity contribution is -0.156. The Kier molecular flexibility index (Phi) is 8.67. The summed E-state index contributed by atoms with van der Waals surface area (Å²) in [5.74, 6) is -0.231. The number of nitrogens with two attached hydrogens (primary N) is 1. The molecule has 30 heavy (non-hydrogen) atoms. The first-order valence-corrected chi connectivity index (χ1v) is 11.2. The molecule has 5 N–H and O–H groups in total. The van der Waals surface area contributed by atoms with Gasteiger partial charge in [-0.25, -0.2) is 13.1 Å². The number of sulfonamides is 1.